The highest BCUT2D eigenvalue weighted by molar-refractivity contribution is 5.96. The molecule has 1 fully saturated rings. The number of para-hydroxylation sites is 1. The second kappa shape index (κ2) is 10.2. The number of carbonyl (C=O) groups excluding carboxylic acids is 1. The van der Waals surface area contributed by atoms with Crippen LogP contribution in [0.2, 0.25) is 0 Å². The number of ether oxygens (including phenoxy) is 1. The molecule has 2 heterocycles. The molecule has 5 heteroatoms. The monoisotopic (exact) mass is 373 g/mol. The minimum Gasteiger partial charge on any atom is -0.383 e. The highest BCUT2D eigenvalue weighted by Crippen LogP contribution is 2.28. The van der Waals surface area contributed by atoms with Crippen molar-refractivity contribution in [3.8, 4) is 0 Å². The number of likely N-dealkylation sites (N-methyl/N-ethyl adjacent to an activating group) is 1. The summed E-state index contributed by atoms with van der Waals surface area (Å²) in [5.41, 5.74) is 2.26. The van der Waals surface area contributed by atoms with Crippen LogP contribution in [-0.4, -0.2) is 68.7 Å². The fraction of sp³-hybridized carbons (Fsp3) is 0.682. The number of hydrogen-bond acceptors (Lipinski definition) is 4. The number of benzene rings is 1. The van der Waals surface area contributed by atoms with Crippen molar-refractivity contribution < 1.29 is 9.53 Å². The van der Waals surface area contributed by atoms with Crippen LogP contribution in [0.25, 0.3) is 0 Å². The Kier molecular flexibility index (Phi) is 7.68. The van der Waals surface area contributed by atoms with Gasteiger partial charge in [-0.3, -0.25) is 9.69 Å². The fourth-order valence-corrected chi connectivity index (χ4v) is 4.41. The Morgan fingerprint density at radius 2 is 1.96 bits per heavy atom. The van der Waals surface area contributed by atoms with E-state index in [1.54, 1.807) is 7.11 Å². The summed E-state index contributed by atoms with van der Waals surface area (Å²) in [5.74, 6) is 0.987. The Morgan fingerprint density at radius 3 is 2.74 bits per heavy atom. The van der Waals surface area contributed by atoms with Crippen LogP contribution < -0.4 is 5.32 Å². The first kappa shape index (κ1) is 20.3. The molecule has 1 atom stereocenters. The summed E-state index contributed by atoms with van der Waals surface area (Å²) in [6.07, 6.45) is 6.90. The van der Waals surface area contributed by atoms with Crippen LogP contribution in [0.1, 0.15) is 37.7 Å². The number of carbonyl (C=O) groups is 1. The second-order valence-electron chi connectivity index (χ2n) is 8.12. The lowest BCUT2D eigenvalue weighted by Crippen LogP contribution is -2.47. The van der Waals surface area contributed by atoms with E-state index in [4.69, 9.17) is 4.74 Å². The quantitative estimate of drug-likeness (QED) is 0.761. The van der Waals surface area contributed by atoms with E-state index in [2.05, 4.69) is 34.3 Å². The molecule has 1 amide bonds. The van der Waals surface area contributed by atoms with E-state index < -0.39 is 0 Å². The average Bonchev–Trinajstić information content (AvgIpc) is 2.85. The van der Waals surface area contributed by atoms with Gasteiger partial charge in [0, 0.05) is 19.3 Å². The molecule has 1 aromatic rings. The van der Waals surface area contributed by atoms with Gasteiger partial charge in [-0.2, -0.15) is 0 Å². The van der Waals surface area contributed by atoms with E-state index >= 15 is 0 Å². The molecule has 150 valence electrons. The molecule has 0 radical (unpaired) electrons. The maximum Gasteiger partial charge on any atom is 0.241 e. The molecular weight excluding hydrogens is 338 g/mol. The Hall–Kier alpha value is -1.43. The predicted octanol–water partition coefficient (Wildman–Crippen LogP) is 3.01. The first-order chi connectivity index (χ1) is 13.2. The van der Waals surface area contributed by atoms with Gasteiger partial charge in [-0.25, -0.2) is 0 Å². The standard InChI is InChI=1S/C22H35N3O2/c1-24(16-17-27-2)13-5-6-18-11-14-25(15-12-18)21-10-9-19-7-3-4-8-20(19)23-22(21)26/h3-4,7-8,18,21H,5-6,9-17H2,1-2H3,(H,23,26)/t21-/m1/s1. The minimum atomic E-state index is 0.0264. The predicted molar refractivity (Wildman–Crippen MR) is 110 cm³/mol. The molecule has 2 aliphatic heterocycles. The summed E-state index contributed by atoms with van der Waals surface area (Å²) in [7, 11) is 3.93. The molecule has 1 saturated heterocycles. The summed E-state index contributed by atoms with van der Waals surface area (Å²) in [6.45, 7) is 5.07. The maximum absolute atomic E-state index is 12.7. The molecule has 0 aliphatic carbocycles. The number of nitrogens with one attached hydrogen (secondary N) is 1. The van der Waals surface area contributed by atoms with Crippen molar-refractivity contribution in [2.24, 2.45) is 5.92 Å². The van der Waals surface area contributed by atoms with Crippen LogP contribution >= 0.6 is 0 Å². The SMILES string of the molecule is COCCN(C)CCCC1CCN([C@@H]2CCc3ccccc3NC2=O)CC1. The zero-order valence-corrected chi connectivity index (χ0v) is 17.0. The number of anilines is 1. The Labute approximate surface area is 164 Å². The van der Waals surface area contributed by atoms with Crippen molar-refractivity contribution in [2.45, 2.75) is 44.6 Å². The van der Waals surface area contributed by atoms with E-state index in [1.165, 1.54) is 31.2 Å². The summed E-state index contributed by atoms with van der Waals surface area (Å²) < 4.78 is 5.14. The summed E-state index contributed by atoms with van der Waals surface area (Å²) in [5, 5.41) is 3.15. The van der Waals surface area contributed by atoms with Gasteiger partial charge in [-0.05, 0) is 82.8 Å². The number of rotatable bonds is 8. The van der Waals surface area contributed by atoms with Gasteiger partial charge in [0.05, 0.1) is 12.6 Å². The lowest BCUT2D eigenvalue weighted by atomic mass is 9.90. The Balaban J connectivity index is 1.41. The minimum absolute atomic E-state index is 0.0264. The fourth-order valence-electron chi connectivity index (χ4n) is 4.41. The summed E-state index contributed by atoms with van der Waals surface area (Å²) in [6, 6.07) is 8.24. The number of likely N-dealkylation sites (tertiary alicyclic amines) is 1. The highest BCUT2D eigenvalue weighted by atomic mass is 16.5. The van der Waals surface area contributed by atoms with Crippen molar-refractivity contribution in [3.63, 3.8) is 0 Å². The zero-order chi connectivity index (χ0) is 19.1. The van der Waals surface area contributed by atoms with E-state index in [9.17, 15) is 4.79 Å². The van der Waals surface area contributed by atoms with Crippen LogP contribution in [-0.2, 0) is 16.0 Å². The maximum atomic E-state index is 12.7. The van der Waals surface area contributed by atoms with Crippen LogP contribution in [0, 0.1) is 5.92 Å². The largest absolute Gasteiger partial charge is 0.383 e. The third-order valence-electron chi connectivity index (χ3n) is 6.18. The van der Waals surface area contributed by atoms with E-state index in [1.807, 2.05) is 12.1 Å². The molecule has 2 aliphatic rings. The smallest absolute Gasteiger partial charge is 0.241 e. The summed E-state index contributed by atoms with van der Waals surface area (Å²) in [4.78, 5) is 17.5. The van der Waals surface area contributed by atoms with Gasteiger partial charge in [0.15, 0.2) is 0 Å². The van der Waals surface area contributed by atoms with Crippen LogP contribution in [0.15, 0.2) is 24.3 Å². The van der Waals surface area contributed by atoms with Crippen molar-refractivity contribution in [1.82, 2.24) is 9.80 Å². The first-order valence-electron chi connectivity index (χ1n) is 10.5. The van der Waals surface area contributed by atoms with Gasteiger partial charge in [0.25, 0.3) is 0 Å². The normalized spacial score (nSPS) is 21.7. The third kappa shape index (κ3) is 5.77. The molecule has 5 nitrogen and oxygen atoms in total. The number of piperidine rings is 1. The van der Waals surface area contributed by atoms with Gasteiger partial charge in [0.2, 0.25) is 5.91 Å². The molecule has 1 aromatic carbocycles. The Morgan fingerprint density at radius 1 is 1.19 bits per heavy atom. The van der Waals surface area contributed by atoms with Gasteiger partial charge in [-0.15, -0.1) is 0 Å². The van der Waals surface area contributed by atoms with Gasteiger partial charge >= 0.3 is 0 Å². The van der Waals surface area contributed by atoms with Gasteiger partial charge in [-0.1, -0.05) is 18.2 Å². The van der Waals surface area contributed by atoms with E-state index in [0.717, 1.165) is 57.2 Å². The van der Waals surface area contributed by atoms with E-state index in [0.29, 0.717) is 0 Å². The number of amides is 1. The molecule has 0 spiro atoms. The molecule has 3 rings (SSSR count). The molecular formula is C22H35N3O2. The number of nitrogens with zero attached hydrogens (tertiary/aromatic N) is 2. The van der Waals surface area contributed by atoms with Crippen LogP contribution in [0.4, 0.5) is 5.69 Å². The Bertz CT molecular complexity index is 599. The van der Waals surface area contributed by atoms with Gasteiger partial charge in [0.1, 0.15) is 0 Å². The van der Waals surface area contributed by atoms with Crippen molar-refractivity contribution >= 4 is 11.6 Å². The summed E-state index contributed by atoms with van der Waals surface area (Å²) >= 11 is 0. The van der Waals surface area contributed by atoms with Crippen LogP contribution in [0.5, 0.6) is 0 Å². The lowest BCUT2D eigenvalue weighted by molar-refractivity contribution is -0.122. The zero-order valence-electron chi connectivity index (χ0n) is 17.0. The second-order valence-corrected chi connectivity index (χ2v) is 8.12. The molecule has 0 aromatic heterocycles. The van der Waals surface area contributed by atoms with Crippen molar-refractivity contribution in [2.75, 3.05) is 52.3 Å². The molecule has 0 saturated carbocycles. The van der Waals surface area contributed by atoms with Crippen molar-refractivity contribution in [1.29, 1.82) is 0 Å². The molecule has 27 heavy (non-hydrogen) atoms. The van der Waals surface area contributed by atoms with Crippen LogP contribution in [0.3, 0.4) is 0 Å². The van der Waals surface area contributed by atoms with Crippen molar-refractivity contribution in [3.05, 3.63) is 29.8 Å². The topological polar surface area (TPSA) is 44.8 Å². The molecule has 0 bridgehead atoms. The number of fused-ring (bicyclic) bond motifs is 1. The highest BCUT2D eigenvalue weighted by Gasteiger charge is 2.31. The number of methoxy groups -OCH3 is 1. The molecule has 1 N–H and O–H groups in total. The first-order valence-corrected chi connectivity index (χ1v) is 10.5. The van der Waals surface area contributed by atoms with Gasteiger partial charge < -0.3 is 15.0 Å². The average molecular weight is 374 g/mol. The van der Waals surface area contributed by atoms with E-state index in [-0.39, 0.29) is 11.9 Å². The number of hydrogen-bond donors (Lipinski definition) is 1. The molecule has 0 unspecified atom stereocenters. The third-order valence-corrected chi connectivity index (χ3v) is 6.18. The lowest BCUT2D eigenvalue weighted by Gasteiger charge is -2.36. The number of aryl methyl sites for hydroxylation is 1.